The highest BCUT2D eigenvalue weighted by Gasteiger charge is 2.12. The smallest absolute Gasteiger partial charge is 0.355 e. The summed E-state index contributed by atoms with van der Waals surface area (Å²) in [5.74, 6) is -0.822. The maximum Gasteiger partial charge on any atom is 0.355 e. The van der Waals surface area contributed by atoms with Crippen molar-refractivity contribution in [3.05, 3.63) is 59.9 Å². The summed E-state index contributed by atoms with van der Waals surface area (Å²) in [7, 11) is 0. The summed E-state index contributed by atoms with van der Waals surface area (Å²) in [4.78, 5) is 26.0. The van der Waals surface area contributed by atoms with Crippen LogP contribution >= 0.6 is 0 Å². The Balaban J connectivity index is 1.67. The van der Waals surface area contributed by atoms with Crippen LogP contribution in [0, 0.1) is 0 Å². The topological polar surface area (TPSA) is 71.2 Å². The number of aromatic nitrogens is 1. The predicted molar refractivity (Wildman–Crippen MR) is 83.4 cm³/mol. The molecule has 0 fully saturated rings. The second kappa shape index (κ2) is 8.02. The van der Waals surface area contributed by atoms with Gasteiger partial charge in [-0.1, -0.05) is 30.3 Å². The lowest BCUT2D eigenvalue weighted by Gasteiger charge is -2.13. The molecule has 5 heteroatoms. The van der Waals surface area contributed by atoms with Crippen molar-refractivity contribution in [2.75, 3.05) is 6.61 Å². The summed E-state index contributed by atoms with van der Waals surface area (Å²) < 4.78 is 4.93. The third-order valence-corrected chi connectivity index (χ3v) is 3.27. The SMILES string of the molecule is C[C@@H](CCc1ccccc1)NC(=O)COC(=O)c1ccc[nH]1. The summed E-state index contributed by atoms with van der Waals surface area (Å²) in [6.45, 7) is 1.67. The highest BCUT2D eigenvalue weighted by molar-refractivity contribution is 5.89. The van der Waals surface area contributed by atoms with Gasteiger partial charge in [0.05, 0.1) is 0 Å². The van der Waals surface area contributed by atoms with E-state index in [2.05, 4.69) is 22.4 Å². The molecule has 2 aromatic rings. The van der Waals surface area contributed by atoms with Crippen LogP contribution in [0.15, 0.2) is 48.7 Å². The maximum absolute atomic E-state index is 11.7. The van der Waals surface area contributed by atoms with E-state index in [9.17, 15) is 9.59 Å². The zero-order valence-electron chi connectivity index (χ0n) is 12.5. The number of hydrogen-bond acceptors (Lipinski definition) is 3. The molecule has 5 nitrogen and oxygen atoms in total. The Hall–Kier alpha value is -2.56. The van der Waals surface area contributed by atoms with Crippen LogP contribution in [0.1, 0.15) is 29.4 Å². The van der Waals surface area contributed by atoms with E-state index in [-0.39, 0.29) is 18.6 Å². The van der Waals surface area contributed by atoms with E-state index in [0.717, 1.165) is 12.8 Å². The van der Waals surface area contributed by atoms with Crippen LogP contribution in [-0.4, -0.2) is 29.5 Å². The summed E-state index contributed by atoms with van der Waals surface area (Å²) in [6.07, 6.45) is 3.35. The highest BCUT2D eigenvalue weighted by Crippen LogP contribution is 2.04. The molecule has 0 unspecified atom stereocenters. The Kier molecular flexibility index (Phi) is 5.77. The molecule has 0 saturated carbocycles. The normalized spacial score (nSPS) is 11.7. The number of ether oxygens (including phenoxy) is 1. The standard InChI is InChI=1S/C17H20N2O3/c1-13(9-10-14-6-3-2-4-7-14)19-16(20)12-22-17(21)15-8-5-11-18-15/h2-8,11,13,18H,9-10,12H2,1H3,(H,19,20)/t13-/m0/s1. The summed E-state index contributed by atoms with van der Waals surface area (Å²) in [6, 6.07) is 13.4. The Morgan fingerprint density at radius 2 is 1.95 bits per heavy atom. The summed E-state index contributed by atoms with van der Waals surface area (Å²) in [5, 5.41) is 2.82. The molecule has 1 aromatic heterocycles. The third kappa shape index (κ3) is 5.09. The predicted octanol–water partition coefficient (Wildman–Crippen LogP) is 2.31. The van der Waals surface area contributed by atoms with Gasteiger partial charge < -0.3 is 15.0 Å². The van der Waals surface area contributed by atoms with Crippen molar-refractivity contribution in [3.63, 3.8) is 0 Å². The van der Waals surface area contributed by atoms with Crippen molar-refractivity contribution >= 4 is 11.9 Å². The Bertz CT molecular complexity index is 594. The first-order chi connectivity index (χ1) is 10.6. The molecule has 1 atom stereocenters. The van der Waals surface area contributed by atoms with Crippen LogP contribution < -0.4 is 5.32 Å². The van der Waals surface area contributed by atoms with E-state index >= 15 is 0 Å². The number of aromatic amines is 1. The van der Waals surface area contributed by atoms with Gasteiger partial charge in [0.15, 0.2) is 6.61 Å². The monoisotopic (exact) mass is 300 g/mol. The molecule has 0 aliphatic rings. The van der Waals surface area contributed by atoms with Crippen LogP contribution in [0.25, 0.3) is 0 Å². The van der Waals surface area contributed by atoms with E-state index in [1.165, 1.54) is 5.56 Å². The lowest BCUT2D eigenvalue weighted by atomic mass is 10.1. The average Bonchev–Trinajstić information content (AvgIpc) is 3.06. The molecule has 0 radical (unpaired) electrons. The Morgan fingerprint density at radius 1 is 1.18 bits per heavy atom. The molecular weight excluding hydrogens is 280 g/mol. The molecule has 22 heavy (non-hydrogen) atoms. The largest absolute Gasteiger partial charge is 0.451 e. The molecule has 2 N–H and O–H groups in total. The van der Waals surface area contributed by atoms with Gasteiger partial charge in [0, 0.05) is 12.2 Å². The van der Waals surface area contributed by atoms with Gasteiger partial charge in [-0.05, 0) is 37.5 Å². The summed E-state index contributed by atoms with van der Waals surface area (Å²) >= 11 is 0. The van der Waals surface area contributed by atoms with Gasteiger partial charge >= 0.3 is 5.97 Å². The van der Waals surface area contributed by atoms with Gasteiger partial charge in [-0.25, -0.2) is 4.79 Å². The van der Waals surface area contributed by atoms with Crippen molar-refractivity contribution < 1.29 is 14.3 Å². The number of carbonyl (C=O) groups is 2. The van der Waals surface area contributed by atoms with Gasteiger partial charge in [0.2, 0.25) is 0 Å². The number of hydrogen-bond donors (Lipinski definition) is 2. The zero-order chi connectivity index (χ0) is 15.8. The number of amides is 1. The van der Waals surface area contributed by atoms with Crippen LogP contribution in [-0.2, 0) is 16.0 Å². The molecule has 0 aliphatic carbocycles. The first-order valence-corrected chi connectivity index (χ1v) is 7.29. The van der Waals surface area contributed by atoms with Crippen molar-refractivity contribution in [3.8, 4) is 0 Å². The van der Waals surface area contributed by atoms with Gasteiger partial charge in [0.25, 0.3) is 5.91 Å². The van der Waals surface area contributed by atoms with Gasteiger partial charge in [-0.2, -0.15) is 0 Å². The number of carbonyl (C=O) groups excluding carboxylic acids is 2. The van der Waals surface area contributed by atoms with Gasteiger partial charge in [0.1, 0.15) is 5.69 Å². The molecule has 0 spiro atoms. The minimum atomic E-state index is -0.530. The second-order valence-electron chi connectivity index (χ2n) is 5.15. The molecular formula is C17H20N2O3. The first kappa shape index (κ1) is 15.8. The fourth-order valence-electron chi connectivity index (χ4n) is 2.08. The molecule has 1 aromatic carbocycles. The highest BCUT2D eigenvalue weighted by atomic mass is 16.5. The fourth-order valence-corrected chi connectivity index (χ4v) is 2.08. The number of esters is 1. The second-order valence-corrected chi connectivity index (χ2v) is 5.15. The number of aryl methyl sites for hydroxylation is 1. The molecule has 116 valence electrons. The quantitative estimate of drug-likeness (QED) is 0.771. The van der Waals surface area contributed by atoms with E-state index in [1.807, 2.05) is 25.1 Å². The third-order valence-electron chi connectivity index (χ3n) is 3.27. The van der Waals surface area contributed by atoms with Crippen molar-refractivity contribution in [2.24, 2.45) is 0 Å². The average molecular weight is 300 g/mol. The van der Waals surface area contributed by atoms with Crippen LogP contribution in [0.2, 0.25) is 0 Å². The lowest BCUT2D eigenvalue weighted by Crippen LogP contribution is -2.36. The van der Waals surface area contributed by atoms with Crippen LogP contribution in [0.4, 0.5) is 0 Å². The lowest BCUT2D eigenvalue weighted by molar-refractivity contribution is -0.124. The molecule has 0 bridgehead atoms. The van der Waals surface area contributed by atoms with Crippen LogP contribution in [0.3, 0.4) is 0 Å². The molecule has 2 rings (SSSR count). The number of rotatable bonds is 7. The maximum atomic E-state index is 11.7. The van der Waals surface area contributed by atoms with Gasteiger partial charge in [-0.3, -0.25) is 4.79 Å². The zero-order valence-corrected chi connectivity index (χ0v) is 12.5. The van der Waals surface area contributed by atoms with E-state index in [1.54, 1.807) is 18.3 Å². The Labute approximate surface area is 129 Å². The molecule has 0 aliphatic heterocycles. The number of H-pyrrole nitrogens is 1. The summed E-state index contributed by atoms with van der Waals surface area (Å²) in [5.41, 5.74) is 1.58. The van der Waals surface area contributed by atoms with E-state index < -0.39 is 5.97 Å². The van der Waals surface area contributed by atoms with E-state index in [0.29, 0.717) is 5.69 Å². The van der Waals surface area contributed by atoms with Crippen LogP contribution in [0.5, 0.6) is 0 Å². The fraction of sp³-hybridized carbons (Fsp3) is 0.294. The molecule has 0 saturated heterocycles. The van der Waals surface area contributed by atoms with Crippen molar-refractivity contribution in [2.45, 2.75) is 25.8 Å². The van der Waals surface area contributed by atoms with E-state index in [4.69, 9.17) is 4.74 Å². The first-order valence-electron chi connectivity index (χ1n) is 7.29. The van der Waals surface area contributed by atoms with Crippen molar-refractivity contribution in [1.82, 2.24) is 10.3 Å². The minimum absolute atomic E-state index is 0.0249. The number of nitrogens with one attached hydrogen (secondary N) is 2. The molecule has 1 heterocycles. The molecule has 1 amide bonds. The number of benzene rings is 1. The van der Waals surface area contributed by atoms with Gasteiger partial charge in [-0.15, -0.1) is 0 Å². The minimum Gasteiger partial charge on any atom is -0.451 e. The van der Waals surface area contributed by atoms with Crippen molar-refractivity contribution in [1.29, 1.82) is 0 Å². The Morgan fingerprint density at radius 3 is 2.64 bits per heavy atom.